The van der Waals surface area contributed by atoms with E-state index in [2.05, 4.69) is 16.0 Å². The lowest BCUT2D eigenvalue weighted by Crippen LogP contribution is -2.58. The van der Waals surface area contributed by atoms with Crippen LogP contribution in [-0.2, 0) is 19.2 Å². The Balaban J connectivity index is 5.02. The summed E-state index contributed by atoms with van der Waals surface area (Å²) in [5, 5.41) is 25.2. The van der Waals surface area contributed by atoms with Gasteiger partial charge in [-0.1, -0.05) is 34.1 Å². The van der Waals surface area contributed by atoms with Gasteiger partial charge in [0.1, 0.15) is 18.6 Å². The van der Waals surface area contributed by atoms with Gasteiger partial charge in [0.05, 0.1) is 12.6 Å². The number of carboxylic acids is 1. The fourth-order valence-corrected chi connectivity index (χ4v) is 2.32. The van der Waals surface area contributed by atoms with Crippen LogP contribution in [-0.4, -0.2) is 65.2 Å². The van der Waals surface area contributed by atoms with Crippen LogP contribution in [0.15, 0.2) is 0 Å². The third-order valence-corrected chi connectivity index (χ3v) is 4.08. The van der Waals surface area contributed by atoms with Crippen molar-refractivity contribution < 1.29 is 29.4 Å². The van der Waals surface area contributed by atoms with Gasteiger partial charge in [0.25, 0.3) is 0 Å². The van der Waals surface area contributed by atoms with Crippen LogP contribution in [0.2, 0.25) is 0 Å². The Morgan fingerprint density at radius 2 is 1.59 bits per heavy atom. The molecule has 0 bridgehead atoms. The first kappa shape index (κ1) is 24.8. The number of carbonyl (C=O) groups excluding carboxylic acids is 3. The van der Waals surface area contributed by atoms with Crippen molar-refractivity contribution in [2.75, 3.05) is 13.2 Å². The van der Waals surface area contributed by atoms with Gasteiger partial charge in [0.15, 0.2) is 0 Å². The van der Waals surface area contributed by atoms with Crippen molar-refractivity contribution >= 4 is 23.7 Å². The zero-order chi connectivity index (χ0) is 21.1. The summed E-state index contributed by atoms with van der Waals surface area (Å²) in [5.41, 5.74) is 5.76. The van der Waals surface area contributed by atoms with E-state index < -0.39 is 55.0 Å². The number of hydrogen-bond donors (Lipinski definition) is 6. The Morgan fingerprint density at radius 1 is 1.00 bits per heavy atom. The number of nitrogens with one attached hydrogen (secondary N) is 3. The van der Waals surface area contributed by atoms with Gasteiger partial charge >= 0.3 is 5.97 Å². The zero-order valence-electron chi connectivity index (χ0n) is 16.3. The van der Waals surface area contributed by atoms with E-state index in [0.29, 0.717) is 12.8 Å². The average Bonchev–Trinajstić information content (AvgIpc) is 2.60. The normalized spacial score (nSPS) is 15.4. The molecule has 0 radical (unpaired) electrons. The number of nitrogens with two attached hydrogens (primary N) is 1. The second-order valence-electron chi connectivity index (χ2n) is 6.96. The van der Waals surface area contributed by atoms with E-state index in [1.165, 1.54) is 0 Å². The van der Waals surface area contributed by atoms with Crippen LogP contribution in [0.3, 0.4) is 0 Å². The fraction of sp³-hybridized carbons (Fsp3) is 0.765. The molecular weight excluding hydrogens is 356 g/mol. The van der Waals surface area contributed by atoms with Crippen LogP contribution in [0, 0.1) is 11.8 Å². The van der Waals surface area contributed by atoms with Gasteiger partial charge in [-0.25, -0.2) is 0 Å². The molecule has 0 aliphatic heterocycles. The Bertz CT molecular complexity index is 526. The van der Waals surface area contributed by atoms with Crippen molar-refractivity contribution in [3.63, 3.8) is 0 Å². The molecule has 0 aliphatic rings. The first-order valence-corrected chi connectivity index (χ1v) is 9.00. The van der Waals surface area contributed by atoms with Gasteiger partial charge in [-0.2, -0.15) is 0 Å². The van der Waals surface area contributed by atoms with E-state index in [1.54, 1.807) is 6.92 Å². The number of aliphatic carboxylic acids is 1. The molecule has 0 rings (SSSR count). The molecular formula is C17H32N4O6. The van der Waals surface area contributed by atoms with Gasteiger partial charge in [-0.3, -0.25) is 19.2 Å². The first-order valence-electron chi connectivity index (χ1n) is 9.00. The summed E-state index contributed by atoms with van der Waals surface area (Å²) in [6.07, 6.45) is 0.958. The number of carbonyl (C=O) groups is 4. The predicted octanol–water partition coefficient (Wildman–Crippen LogP) is -1.43. The summed E-state index contributed by atoms with van der Waals surface area (Å²) < 4.78 is 0. The van der Waals surface area contributed by atoms with Crippen molar-refractivity contribution in [1.29, 1.82) is 0 Å². The number of carboxylic acid groups (broad SMARTS) is 1. The fourth-order valence-electron chi connectivity index (χ4n) is 2.32. The highest BCUT2D eigenvalue weighted by Gasteiger charge is 2.30. The maximum atomic E-state index is 12.4. The van der Waals surface area contributed by atoms with Crippen LogP contribution in [0.25, 0.3) is 0 Å². The van der Waals surface area contributed by atoms with Crippen LogP contribution >= 0.6 is 0 Å². The second kappa shape index (κ2) is 12.2. The van der Waals surface area contributed by atoms with E-state index in [9.17, 15) is 24.3 Å². The molecule has 0 heterocycles. The standard InChI is InChI=1S/C17H32N4O6/c1-5-10(4)14(17(27)19-7-13(23)24)21-16(26)12(8-22)20-15(25)11(18)6-9(2)3/h9-12,14,22H,5-8,18H2,1-4H3,(H,19,27)(H,20,25)(H,21,26)(H,23,24). The van der Waals surface area contributed by atoms with E-state index in [1.807, 2.05) is 20.8 Å². The molecule has 0 aliphatic carbocycles. The molecule has 27 heavy (non-hydrogen) atoms. The Labute approximate surface area is 159 Å². The smallest absolute Gasteiger partial charge is 0.322 e. The highest BCUT2D eigenvalue weighted by molar-refractivity contribution is 5.93. The van der Waals surface area contributed by atoms with Crippen LogP contribution in [0.5, 0.6) is 0 Å². The van der Waals surface area contributed by atoms with Gasteiger partial charge in [0, 0.05) is 0 Å². The summed E-state index contributed by atoms with van der Waals surface area (Å²) in [4.78, 5) is 47.3. The van der Waals surface area contributed by atoms with Crippen LogP contribution in [0.1, 0.15) is 40.5 Å². The molecule has 0 aromatic carbocycles. The summed E-state index contributed by atoms with van der Waals surface area (Å²) in [6, 6.07) is -3.09. The molecule has 0 aromatic rings. The third-order valence-electron chi connectivity index (χ3n) is 4.08. The lowest BCUT2D eigenvalue weighted by atomic mass is 9.97. The molecule has 0 spiro atoms. The summed E-state index contributed by atoms with van der Waals surface area (Å²) in [6.45, 7) is 6.08. The van der Waals surface area contributed by atoms with Crippen molar-refractivity contribution in [2.24, 2.45) is 17.6 Å². The third kappa shape index (κ3) is 9.34. The van der Waals surface area contributed by atoms with E-state index in [4.69, 9.17) is 10.8 Å². The molecule has 0 aromatic heterocycles. The van der Waals surface area contributed by atoms with Crippen molar-refractivity contribution in [1.82, 2.24) is 16.0 Å². The number of aliphatic hydroxyl groups is 1. The number of hydrogen-bond acceptors (Lipinski definition) is 6. The monoisotopic (exact) mass is 388 g/mol. The molecule has 3 amide bonds. The summed E-state index contributed by atoms with van der Waals surface area (Å²) in [7, 11) is 0. The van der Waals surface area contributed by atoms with Gasteiger partial charge in [-0.05, 0) is 18.3 Å². The van der Waals surface area contributed by atoms with Crippen LogP contribution in [0.4, 0.5) is 0 Å². The average molecular weight is 388 g/mol. The SMILES string of the molecule is CCC(C)C(NC(=O)C(CO)NC(=O)C(N)CC(C)C)C(=O)NCC(=O)O. The molecule has 0 saturated carbocycles. The lowest BCUT2D eigenvalue weighted by molar-refractivity contribution is -0.139. The van der Waals surface area contributed by atoms with Gasteiger partial charge in [-0.15, -0.1) is 0 Å². The second-order valence-corrected chi connectivity index (χ2v) is 6.96. The molecule has 0 saturated heterocycles. The predicted molar refractivity (Wildman–Crippen MR) is 98.5 cm³/mol. The Hall–Kier alpha value is -2.20. The van der Waals surface area contributed by atoms with Crippen molar-refractivity contribution in [2.45, 2.75) is 58.7 Å². The number of aliphatic hydroxyl groups excluding tert-OH is 1. The molecule has 0 fully saturated rings. The minimum absolute atomic E-state index is 0.180. The highest BCUT2D eigenvalue weighted by atomic mass is 16.4. The molecule has 4 unspecified atom stereocenters. The lowest BCUT2D eigenvalue weighted by Gasteiger charge is -2.26. The molecule has 156 valence electrons. The Morgan fingerprint density at radius 3 is 2.04 bits per heavy atom. The van der Waals surface area contributed by atoms with E-state index in [0.717, 1.165) is 0 Å². The minimum Gasteiger partial charge on any atom is -0.480 e. The topological polar surface area (TPSA) is 171 Å². The number of rotatable bonds is 12. The molecule has 4 atom stereocenters. The van der Waals surface area contributed by atoms with Crippen LogP contribution < -0.4 is 21.7 Å². The van der Waals surface area contributed by atoms with Gasteiger partial charge < -0.3 is 31.9 Å². The minimum atomic E-state index is -1.27. The highest BCUT2D eigenvalue weighted by Crippen LogP contribution is 2.09. The molecule has 10 heteroatoms. The summed E-state index contributed by atoms with van der Waals surface area (Å²) in [5.74, 6) is -3.30. The maximum absolute atomic E-state index is 12.4. The molecule has 7 N–H and O–H groups in total. The zero-order valence-corrected chi connectivity index (χ0v) is 16.3. The van der Waals surface area contributed by atoms with Gasteiger partial charge in [0.2, 0.25) is 17.7 Å². The van der Waals surface area contributed by atoms with Crippen molar-refractivity contribution in [3.05, 3.63) is 0 Å². The Kier molecular flexibility index (Phi) is 11.2. The van der Waals surface area contributed by atoms with E-state index >= 15 is 0 Å². The molecule has 10 nitrogen and oxygen atoms in total. The maximum Gasteiger partial charge on any atom is 0.322 e. The van der Waals surface area contributed by atoms with E-state index in [-0.39, 0.29) is 11.8 Å². The first-order chi connectivity index (χ1) is 12.5. The number of amides is 3. The van der Waals surface area contributed by atoms with Crippen molar-refractivity contribution in [3.8, 4) is 0 Å². The largest absolute Gasteiger partial charge is 0.480 e. The quantitative estimate of drug-likeness (QED) is 0.238. The summed E-state index contributed by atoms with van der Waals surface area (Å²) >= 11 is 0.